The Bertz CT molecular complexity index is 18.5. The molecule has 0 spiro atoms. The molecular weight excluding hydrogens is 44.4 g/mol. The normalized spacial score (nSPS) is 5.25. The first kappa shape index (κ1) is 4.19. The molecule has 0 aliphatic rings. The quantitative estimate of drug-likeness (QED) is 0.306. The van der Waals surface area contributed by atoms with E-state index in [1.807, 2.05) is 28.1 Å². The number of rotatable bonds is 0. The van der Waals surface area contributed by atoms with Crippen LogP contribution in [0.25, 0.3) is 0 Å². The molecule has 0 fully saturated rings. The zero-order valence-electron chi connectivity index (χ0n) is 3.15. The molecule has 0 radical (unpaired) electrons. The van der Waals surface area contributed by atoms with Crippen molar-refractivity contribution in [3.05, 3.63) is 0 Å². The summed E-state index contributed by atoms with van der Waals surface area (Å²) in [7, 11) is 2.00. The minimum absolute atomic E-state index is 2.00. The molecule has 0 unspecified atom stereocenters. The second-order valence-electron chi connectivity index (χ2n) is 0.667. The third-order valence-electron chi connectivity index (χ3n) is 0.333. The zero-order chi connectivity index (χ0) is 3.41. The Hall–Kier alpha value is 0.195. The van der Waals surface area contributed by atoms with Crippen LogP contribution in [-0.4, -0.2) is 21.2 Å². The van der Waals surface area contributed by atoms with Gasteiger partial charge in [-0.2, -0.15) is 0 Å². The molecule has 0 rings (SSSR count). The Morgan fingerprint density at radius 3 is 2.00 bits per heavy atom. The minimum atomic E-state index is 2.00. The summed E-state index contributed by atoms with van der Waals surface area (Å²) < 4.78 is 0. The maximum absolute atomic E-state index is 2.00. The van der Waals surface area contributed by atoms with E-state index >= 15 is 0 Å². The molecule has 18 valence electrons. The Morgan fingerprint density at radius 1 is 1.75 bits per heavy atom. The van der Waals surface area contributed by atoms with Crippen LogP contribution in [0.15, 0.2) is 0 Å². The van der Waals surface area contributed by atoms with Gasteiger partial charge in [-0.3, -0.25) is 0 Å². The summed E-state index contributed by atoms with van der Waals surface area (Å²) in [5.74, 6) is 0. The monoisotopic (exact) mass is 50.1 g/mol. The summed E-state index contributed by atoms with van der Waals surface area (Å²) in [6, 6.07) is 0. The van der Waals surface area contributed by atoms with Crippen molar-refractivity contribution in [2.45, 2.75) is 6.82 Å². The van der Waals surface area contributed by atoms with Crippen LogP contribution in [0.5, 0.6) is 0 Å². The van der Waals surface area contributed by atoms with Gasteiger partial charge in [-0.05, 0) is 0 Å². The first-order valence-electron chi connectivity index (χ1n) is 1.49. The van der Waals surface area contributed by atoms with Crippen molar-refractivity contribution in [1.29, 1.82) is 0 Å². The van der Waals surface area contributed by atoms with Gasteiger partial charge in [0.05, 0.1) is 0 Å². The summed E-state index contributed by atoms with van der Waals surface area (Å²) in [6.45, 7) is 6.00. The summed E-state index contributed by atoms with van der Waals surface area (Å²) in [5, 5.41) is 0. The Balaban J connectivity index is 2.55. The van der Waals surface area contributed by atoms with Crippen LogP contribution in [0.4, 0.5) is 0 Å². The van der Waals surface area contributed by atoms with E-state index in [4.69, 9.17) is 0 Å². The molecule has 0 saturated heterocycles. The van der Waals surface area contributed by atoms with E-state index in [0.717, 1.165) is 0 Å². The Kier molecular flexibility index (Phi) is 3.35. The summed E-state index contributed by atoms with van der Waals surface area (Å²) >= 11 is 0. The van der Waals surface area contributed by atoms with Crippen molar-refractivity contribution in [3.8, 4) is 0 Å². The van der Waals surface area contributed by atoms with Crippen molar-refractivity contribution in [2.24, 2.45) is 0 Å². The van der Waals surface area contributed by atoms with E-state index in [-0.39, 0.29) is 0 Å². The molecule has 0 nitrogen and oxygen atoms in total. The molecule has 0 aliphatic carbocycles. The molecule has 3 heteroatoms. The molecule has 0 N–H and O–H groups in total. The van der Waals surface area contributed by atoms with Crippen molar-refractivity contribution in [1.82, 2.24) is 0 Å². The fraction of sp³-hybridized carbons (Fsp3) is 1.00. The third kappa shape index (κ3) is 2.19. The van der Waals surface area contributed by atoms with E-state index in [1.54, 1.807) is 0 Å². The van der Waals surface area contributed by atoms with Crippen LogP contribution in [0.1, 0.15) is 0 Å². The molecule has 4 heavy (non-hydrogen) atoms. The topological polar surface area (TPSA) is 0 Å². The molecule has 0 atom stereocenters. The van der Waals surface area contributed by atoms with E-state index in [2.05, 4.69) is 0 Å². The van der Waals surface area contributed by atoms with Crippen LogP contribution in [0, 0.1) is 0 Å². The number of hydrogen-bond donors (Lipinski definition) is 0. The second kappa shape index (κ2) is 3.19. The average molecular weight is 49.5 g/mol. The van der Waals surface area contributed by atoms with Gasteiger partial charge in [0.25, 0.3) is 0 Å². The third-order valence-corrected chi connectivity index (χ3v) is 0.333. The molecular formula is CH5B3. The summed E-state index contributed by atoms with van der Waals surface area (Å²) in [5.41, 5.74) is 0. The van der Waals surface area contributed by atoms with Gasteiger partial charge < -0.3 is 0 Å². The van der Waals surface area contributed by atoms with Crippen molar-refractivity contribution in [2.75, 3.05) is 0 Å². The second-order valence-corrected chi connectivity index (χ2v) is 0.667. The van der Waals surface area contributed by atoms with Gasteiger partial charge >= 0.3 is 28.1 Å². The van der Waals surface area contributed by atoms with Crippen LogP contribution < -0.4 is 0 Å². The van der Waals surface area contributed by atoms with Crippen molar-refractivity contribution < 1.29 is 0 Å². The van der Waals surface area contributed by atoms with Gasteiger partial charge in [-0.1, -0.05) is 0 Å². The summed E-state index contributed by atoms with van der Waals surface area (Å²) in [6.07, 6.45) is 0. The van der Waals surface area contributed by atoms with E-state index in [1.165, 1.54) is 0 Å². The molecule has 0 aromatic carbocycles. The molecule has 0 bridgehead atoms. The Morgan fingerprint density at radius 2 is 2.00 bits per heavy atom. The van der Waals surface area contributed by atoms with Crippen LogP contribution >= 0.6 is 0 Å². The van der Waals surface area contributed by atoms with E-state index in [9.17, 15) is 0 Å². The predicted octanol–water partition coefficient (Wildman–Crippen LogP) is -1.09. The van der Waals surface area contributed by atoms with Gasteiger partial charge in [0.2, 0.25) is 0 Å². The molecule has 0 amide bonds. The first-order chi connectivity index (χ1) is 1.91. The van der Waals surface area contributed by atoms with Gasteiger partial charge in [0.15, 0.2) is 0 Å². The molecule has 0 aromatic rings. The number of hydrogen-bond acceptors (Lipinski definition) is 0. The van der Waals surface area contributed by atoms with Crippen LogP contribution in [-0.2, 0) is 0 Å². The SMILES string of the molecule is BB=BC. The van der Waals surface area contributed by atoms with Gasteiger partial charge in [-0.25, -0.2) is 0 Å². The van der Waals surface area contributed by atoms with E-state index in [0.29, 0.717) is 0 Å². The van der Waals surface area contributed by atoms with E-state index < -0.39 is 0 Å². The molecule has 0 saturated carbocycles. The van der Waals surface area contributed by atoms with Gasteiger partial charge in [-0.15, -0.1) is 0 Å². The van der Waals surface area contributed by atoms with Gasteiger partial charge in [0, 0.05) is 0 Å². The first-order valence-corrected chi connectivity index (χ1v) is 1.49. The fourth-order valence-electron chi connectivity index (χ4n) is 0. The van der Waals surface area contributed by atoms with Gasteiger partial charge in [0.1, 0.15) is 0 Å². The predicted molar refractivity (Wildman–Crippen MR) is 25.9 cm³/mol. The Labute approximate surface area is 29.1 Å². The average Bonchev–Trinajstić information content (AvgIpc) is 1.37. The summed E-state index contributed by atoms with van der Waals surface area (Å²) in [4.78, 5) is 0. The standard InChI is InChI=1S/CH5B3/c1-3-4-2/h2H2,1H3. The fourth-order valence-corrected chi connectivity index (χ4v) is 0. The van der Waals surface area contributed by atoms with Crippen molar-refractivity contribution in [3.63, 3.8) is 0 Å². The van der Waals surface area contributed by atoms with Crippen LogP contribution in [0.3, 0.4) is 0 Å². The molecule has 0 heterocycles. The molecule has 0 aliphatic heterocycles. The molecule has 0 aromatic heterocycles. The maximum atomic E-state index is 2.00. The zero-order valence-corrected chi connectivity index (χ0v) is 3.15. The van der Waals surface area contributed by atoms with Crippen LogP contribution in [0.2, 0.25) is 6.82 Å². The van der Waals surface area contributed by atoms with Crippen molar-refractivity contribution >= 4 is 21.2 Å².